The van der Waals surface area contributed by atoms with Crippen molar-refractivity contribution < 1.29 is 14.0 Å². The number of amides is 2. The Kier molecular flexibility index (Phi) is 5.92. The molecule has 0 saturated carbocycles. The minimum atomic E-state index is -0.591. The van der Waals surface area contributed by atoms with E-state index in [1.807, 2.05) is 18.2 Å². The summed E-state index contributed by atoms with van der Waals surface area (Å²) in [6.45, 7) is 0. The first-order valence-electron chi connectivity index (χ1n) is 7.41. The van der Waals surface area contributed by atoms with Gasteiger partial charge in [0.1, 0.15) is 5.00 Å². The number of nitrogens with two attached hydrogens (primary N) is 1. The Hall–Kier alpha value is -2.36. The monoisotopic (exact) mass is 408 g/mol. The third kappa shape index (κ3) is 4.43. The van der Waals surface area contributed by atoms with Crippen molar-refractivity contribution in [2.45, 2.75) is 11.6 Å². The molecule has 0 atom stereocenters. The summed E-state index contributed by atoms with van der Waals surface area (Å²) in [6.07, 6.45) is 8.19. The molecule has 0 radical (unpaired) electrons. The van der Waals surface area contributed by atoms with Gasteiger partial charge in [0.2, 0.25) is 11.8 Å². The lowest BCUT2D eigenvalue weighted by molar-refractivity contribution is -0.113. The second-order valence-electron chi connectivity index (χ2n) is 5.03. The number of primary amides is 1. The number of anilines is 1. The fourth-order valence-electron chi connectivity index (χ4n) is 2.04. The number of nitrogens with one attached hydrogen (secondary N) is 1. The summed E-state index contributed by atoms with van der Waals surface area (Å²) in [4.78, 5) is 23.3. The zero-order valence-corrected chi connectivity index (χ0v) is 15.7. The first-order chi connectivity index (χ1) is 12.5. The molecule has 7 nitrogen and oxygen atoms in total. The van der Waals surface area contributed by atoms with Crippen molar-refractivity contribution in [1.29, 1.82) is 0 Å². The second-order valence-corrected chi connectivity index (χ2v) is 7.28. The van der Waals surface area contributed by atoms with Crippen LogP contribution in [-0.2, 0) is 4.79 Å². The molecule has 0 spiro atoms. The molecule has 134 valence electrons. The number of halogens is 1. The van der Waals surface area contributed by atoms with Crippen LogP contribution in [0.2, 0.25) is 0 Å². The van der Waals surface area contributed by atoms with E-state index in [0.717, 1.165) is 18.2 Å². The summed E-state index contributed by atoms with van der Waals surface area (Å²) in [6, 6.07) is 1.56. The Balaban J connectivity index is 1.60. The Morgan fingerprint density at radius 2 is 2.27 bits per heavy atom. The lowest BCUT2D eigenvalue weighted by Gasteiger charge is -2.03. The molecule has 3 N–H and O–H groups in total. The Morgan fingerprint density at radius 3 is 3.08 bits per heavy atom. The highest BCUT2D eigenvalue weighted by molar-refractivity contribution is 7.99. The number of thiophene rings is 1. The number of rotatable bonds is 6. The molecule has 2 aromatic rings. The maximum absolute atomic E-state index is 12.0. The minimum Gasteiger partial charge on any atom is -0.411 e. The van der Waals surface area contributed by atoms with Crippen LogP contribution in [0.4, 0.5) is 5.00 Å². The predicted octanol–water partition coefficient (Wildman–Crippen LogP) is 3.43. The van der Waals surface area contributed by atoms with Crippen LogP contribution in [0.5, 0.6) is 0 Å². The highest BCUT2D eigenvalue weighted by atomic mass is 35.5. The molecule has 1 aliphatic rings. The number of nitrogens with zero attached hydrogens (tertiary/aromatic N) is 2. The van der Waals surface area contributed by atoms with Gasteiger partial charge in [0.05, 0.1) is 16.9 Å². The van der Waals surface area contributed by atoms with E-state index in [1.54, 1.807) is 17.5 Å². The van der Waals surface area contributed by atoms with Gasteiger partial charge >= 0.3 is 0 Å². The second kappa shape index (κ2) is 8.35. The normalized spacial score (nSPS) is 13.7. The van der Waals surface area contributed by atoms with Gasteiger partial charge in [-0.25, -0.2) is 0 Å². The fraction of sp³-hybridized carbons (Fsp3) is 0.125. The van der Waals surface area contributed by atoms with Crippen molar-refractivity contribution >= 4 is 57.1 Å². The smallest absolute Gasteiger partial charge is 0.277 e. The molecule has 10 heteroatoms. The van der Waals surface area contributed by atoms with E-state index < -0.39 is 5.91 Å². The van der Waals surface area contributed by atoms with Crippen LogP contribution < -0.4 is 11.1 Å². The number of aromatic nitrogens is 2. The van der Waals surface area contributed by atoms with Crippen molar-refractivity contribution in [2.75, 3.05) is 11.1 Å². The largest absolute Gasteiger partial charge is 0.411 e. The van der Waals surface area contributed by atoms with Crippen molar-refractivity contribution in [2.24, 2.45) is 5.73 Å². The first-order valence-corrected chi connectivity index (χ1v) is 9.65. The molecule has 2 amide bonds. The van der Waals surface area contributed by atoms with Gasteiger partial charge in [-0.15, -0.1) is 21.5 Å². The highest BCUT2D eigenvalue weighted by Gasteiger charge is 2.17. The summed E-state index contributed by atoms with van der Waals surface area (Å²) < 4.78 is 5.56. The summed E-state index contributed by atoms with van der Waals surface area (Å²) in [5.41, 5.74) is 6.16. The van der Waals surface area contributed by atoms with Crippen molar-refractivity contribution in [1.82, 2.24) is 10.2 Å². The number of carbonyl (C=O) groups excluding carboxylic acids is 2. The Morgan fingerprint density at radius 1 is 1.42 bits per heavy atom. The lowest BCUT2D eigenvalue weighted by Crippen LogP contribution is -2.17. The number of allylic oxidation sites excluding steroid dienone is 6. The van der Waals surface area contributed by atoms with Crippen LogP contribution in [-0.4, -0.2) is 27.8 Å². The number of hydrogen-bond acceptors (Lipinski definition) is 7. The predicted molar refractivity (Wildman–Crippen MR) is 102 cm³/mol. The number of hydrogen-bond donors (Lipinski definition) is 2. The van der Waals surface area contributed by atoms with Crippen LogP contribution in [0.1, 0.15) is 22.7 Å². The van der Waals surface area contributed by atoms with Crippen LogP contribution in [0.25, 0.3) is 5.57 Å². The summed E-state index contributed by atoms with van der Waals surface area (Å²) in [5.74, 6) is -0.573. The minimum absolute atomic E-state index is 0.0419. The highest BCUT2D eigenvalue weighted by Crippen LogP contribution is 2.29. The molecular formula is C16H13ClN4O3S2. The quantitative estimate of drug-likeness (QED) is 0.708. The van der Waals surface area contributed by atoms with Gasteiger partial charge < -0.3 is 15.5 Å². The Labute approximate surface area is 162 Å². The van der Waals surface area contributed by atoms with Gasteiger partial charge in [0.15, 0.2) is 0 Å². The topological polar surface area (TPSA) is 111 Å². The molecule has 0 bridgehead atoms. The van der Waals surface area contributed by atoms with E-state index in [2.05, 4.69) is 15.5 Å². The van der Waals surface area contributed by atoms with E-state index in [9.17, 15) is 9.59 Å². The average molecular weight is 409 g/mol. The van der Waals surface area contributed by atoms with Crippen molar-refractivity contribution in [3.63, 3.8) is 0 Å². The van der Waals surface area contributed by atoms with Crippen molar-refractivity contribution in [3.05, 3.63) is 52.2 Å². The lowest BCUT2D eigenvalue weighted by atomic mass is 10.2. The SMILES string of the molecule is NC(=O)c1ccsc1NC(=O)CSc1nnc(C2=CC=CCC=C2Cl)o1. The zero-order valence-electron chi connectivity index (χ0n) is 13.3. The molecule has 0 aromatic carbocycles. The molecule has 0 saturated heterocycles. The van der Waals surface area contributed by atoms with Gasteiger partial charge in [-0.3, -0.25) is 9.59 Å². The third-order valence-electron chi connectivity index (χ3n) is 3.24. The van der Waals surface area contributed by atoms with E-state index >= 15 is 0 Å². The van der Waals surface area contributed by atoms with Gasteiger partial charge in [0, 0.05) is 5.03 Å². The molecule has 0 aliphatic heterocycles. The summed E-state index contributed by atoms with van der Waals surface area (Å²) >= 11 is 8.50. The standard InChI is InChI=1S/C16H13ClN4O3S2/c17-11-5-3-1-2-4-9(11)14-20-21-16(24-14)26-8-12(22)19-15-10(13(18)23)6-7-25-15/h1-2,4-7H,3,8H2,(H2,18,23)(H,19,22). The molecule has 0 fully saturated rings. The van der Waals surface area contributed by atoms with Crippen LogP contribution in [0.3, 0.4) is 0 Å². The molecule has 1 aliphatic carbocycles. The van der Waals surface area contributed by atoms with Gasteiger partial charge in [-0.05, 0) is 23.9 Å². The number of thioether (sulfide) groups is 1. The number of carbonyl (C=O) groups is 2. The molecule has 3 rings (SSSR count). The van der Waals surface area contributed by atoms with Gasteiger partial charge in [-0.2, -0.15) is 0 Å². The Bertz CT molecular complexity index is 930. The zero-order chi connectivity index (χ0) is 18.5. The molecule has 2 heterocycles. The van der Waals surface area contributed by atoms with E-state index in [4.69, 9.17) is 21.8 Å². The summed E-state index contributed by atoms with van der Waals surface area (Å²) in [5, 5.41) is 13.4. The third-order valence-corrected chi connectivity index (χ3v) is 5.24. The fourth-order valence-corrected chi connectivity index (χ4v) is 3.65. The van der Waals surface area contributed by atoms with Crippen LogP contribution in [0, 0.1) is 0 Å². The average Bonchev–Trinajstić information content (AvgIpc) is 3.20. The molecule has 0 unspecified atom stereocenters. The molecule has 2 aromatic heterocycles. The van der Waals surface area contributed by atoms with Gasteiger partial charge in [-0.1, -0.05) is 41.6 Å². The van der Waals surface area contributed by atoms with Crippen LogP contribution >= 0.6 is 34.7 Å². The van der Waals surface area contributed by atoms with Crippen LogP contribution in [0.15, 0.2) is 50.4 Å². The van der Waals surface area contributed by atoms with E-state index in [0.29, 0.717) is 15.6 Å². The first kappa shape index (κ1) is 18.4. The van der Waals surface area contributed by atoms with E-state index in [-0.39, 0.29) is 28.3 Å². The van der Waals surface area contributed by atoms with E-state index in [1.165, 1.54) is 11.3 Å². The molecule has 26 heavy (non-hydrogen) atoms. The van der Waals surface area contributed by atoms with Crippen molar-refractivity contribution in [3.8, 4) is 0 Å². The molecular weight excluding hydrogens is 396 g/mol. The van der Waals surface area contributed by atoms with Gasteiger partial charge in [0.25, 0.3) is 11.1 Å². The maximum Gasteiger partial charge on any atom is 0.277 e. The maximum atomic E-state index is 12.0. The summed E-state index contributed by atoms with van der Waals surface area (Å²) in [7, 11) is 0.